The van der Waals surface area contributed by atoms with E-state index < -0.39 is 5.60 Å². The van der Waals surface area contributed by atoms with Crippen LogP contribution in [0.1, 0.15) is 50.4 Å². The van der Waals surface area contributed by atoms with E-state index >= 15 is 0 Å². The molecule has 2 aromatic heterocycles. The number of hydrogen-bond acceptors (Lipinski definition) is 9. The maximum Gasteiger partial charge on any atom is 0.410 e. The summed E-state index contributed by atoms with van der Waals surface area (Å²) in [5, 5.41) is 7.95. The van der Waals surface area contributed by atoms with Crippen molar-refractivity contribution in [2.45, 2.75) is 59.0 Å². The van der Waals surface area contributed by atoms with Crippen LogP contribution in [0.2, 0.25) is 0 Å². The second-order valence-electron chi connectivity index (χ2n) is 11.4. The van der Waals surface area contributed by atoms with Gasteiger partial charge in [-0.15, -0.1) is 0 Å². The van der Waals surface area contributed by atoms with Gasteiger partial charge in [-0.2, -0.15) is 0 Å². The molecule has 1 N–H and O–H groups in total. The van der Waals surface area contributed by atoms with Gasteiger partial charge in [0.1, 0.15) is 29.7 Å². The highest BCUT2D eigenvalue weighted by molar-refractivity contribution is 5.91. The number of benzene rings is 1. The van der Waals surface area contributed by atoms with Gasteiger partial charge in [-0.1, -0.05) is 11.2 Å². The zero-order valence-electron chi connectivity index (χ0n) is 23.2. The monoisotopic (exact) mass is 532 g/mol. The molecule has 1 amide bonds. The molecule has 1 unspecified atom stereocenters. The fourth-order valence-electron chi connectivity index (χ4n) is 5.81. The first-order chi connectivity index (χ1) is 18.7. The Hall–Kier alpha value is -3.79. The van der Waals surface area contributed by atoms with Crippen molar-refractivity contribution in [1.29, 1.82) is 0 Å². The number of nitrogens with zero attached hydrogens (tertiary/aromatic N) is 5. The third-order valence-electron chi connectivity index (χ3n) is 7.52. The summed E-state index contributed by atoms with van der Waals surface area (Å²) in [6, 6.07) is 10.1. The molecule has 10 heteroatoms. The fraction of sp³-hybridized carbons (Fsp3) is 0.483. The van der Waals surface area contributed by atoms with Crippen molar-refractivity contribution in [3.8, 4) is 16.9 Å². The Kier molecular flexibility index (Phi) is 6.37. The van der Waals surface area contributed by atoms with E-state index in [1.54, 1.807) is 0 Å². The first-order valence-electron chi connectivity index (χ1n) is 13.6. The van der Waals surface area contributed by atoms with Crippen LogP contribution in [0, 0.1) is 13.8 Å². The van der Waals surface area contributed by atoms with Gasteiger partial charge in [-0.05, 0) is 65.3 Å². The predicted octanol–water partition coefficient (Wildman–Crippen LogP) is 4.95. The van der Waals surface area contributed by atoms with Crippen LogP contribution >= 0.6 is 0 Å². The van der Waals surface area contributed by atoms with E-state index in [1.807, 2.05) is 57.8 Å². The molecule has 6 rings (SSSR count). The molecule has 0 saturated carbocycles. The van der Waals surface area contributed by atoms with Crippen molar-refractivity contribution in [2.75, 3.05) is 43.0 Å². The lowest BCUT2D eigenvalue weighted by atomic mass is 9.99. The number of anilines is 2. The van der Waals surface area contributed by atoms with Gasteiger partial charge in [0, 0.05) is 37.9 Å². The highest BCUT2D eigenvalue weighted by Crippen LogP contribution is 2.54. The molecular formula is C29H36N6O4. The topological polar surface area (TPSA) is 96.2 Å². The Labute approximate surface area is 228 Å². The van der Waals surface area contributed by atoms with Gasteiger partial charge in [0.2, 0.25) is 0 Å². The Morgan fingerprint density at radius 1 is 1.10 bits per heavy atom. The molecule has 1 saturated heterocycles. The summed E-state index contributed by atoms with van der Waals surface area (Å²) < 4.78 is 17.7. The zero-order valence-corrected chi connectivity index (χ0v) is 23.2. The van der Waals surface area contributed by atoms with Crippen molar-refractivity contribution < 1.29 is 18.8 Å². The van der Waals surface area contributed by atoms with E-state index in [-0.39, 0.29) is 18.4 Å². The molecule has 3 aromatic rings. The largest absolute Gasteiger partial charge is 0.488 e. The summed E-state index contributed by atoms with van der Waals surface area (Å²) >= 11 is 0. The van der Waals surface area contributed by atoms with Gasteiger partial charge >= 0.3 is 6.09 Å². The Morgan fingerprint density at radius 3 is 2.67 bits per heavy atom. The third kappa shape index (κ3) is 4.67. The van der Waals surface area contributed by atoms with Crippen molar-refractivity contribution in [3.63, 3.8) is 0 Å². The first kappa shape index (κ1) is 25.5. The number of rotatable bonds is 3. The van der Waals surface area contributed by atoms with E-state index in [9.17, 15) is 4.79 Å². The molecule has 3 aliphatic heterocycles. The Bertz CT molecular complexity index is 1350. The minimum Gasteiger partial charge on any atom is -0.488 e. The lowest BCUT2D eigenvalue weighted by molar-refractivity contribution is 0.0255. The van der Waals surface area contributed by atoms with E-state index in [0.29, 0.717) is 26.2 Å². The third-order valence-corrected chi connectivity index (χ3v) is 7.52. The van der Waals surface area contributed by atoms with E-state index in [1.165, 1.54) is 0 Å². The molecule has 5 heterocycles. The summed E-state index contributed by atoms with van der Waals surface area (Å²) in [5.41, 5.74) is 5.25. The van der Waals surface area contributed by atoms with Gasteiger partial charge < -0.3 is 29.1 Å². The molecule has 2 atom stereocenters. The molecular weight excluding hydrogens is 496 g/mol. The number of aryl methyl sites for hydroxylation is 2. The smallest absolute Gasteiger partial charge is 0.410 e. The summed E-state index contributed by atoms with van der Waals surface area (Å²) in [7, 11) is 0. The van der Waals surface area contributed by atoms with Gasteiger partial charge in [0.15, 0.2) is 12.0 Å². The molecule has 0 spiro atoms. The molecule has 1 fully saturated rings. The SMILES string of the molecule is Cc1noc(C)c1-c1ccc2c3c1OC[C@H](c1ccccn1)N3C(N1CCCN(C(=O)OC(C)(C)C)CC1)N2. The molecule has 10 nitrogen and oxygen atoms in total. The molecule has 0 aliphatic carbocycles. The molecule has 1 aromatic carbocycles. The first-order valence-corrected chi connectivity index (χ1v) is 13.6. The van der Waals surface area contributed by atoms with Crippen molar-refractivity contribution in [3.05, 3.63) is 53.7 Å². The lowest BCUT2D eigenvalue weighted by Gasteiger charge is -2.42. The van der Waals surface area contributed by atoms with Crippen LogP contribution in [0.4, 0.5) is 16.2 Å². The van der Waals surface area contributed by atoms with Crippen LogP contribution in [0.15, 0.2) is 41.1 Å². The minimum absolute atomic E-state index is 0.0809. The zero-order chi connectivity index (χ0) is 27.3. The molecule has 206 valence electrons. The normalized spacial score (nSPS) is 21.2. The van der Waals surface area contributed by atoms with Crippen LogP contribution in [-0.4, -0.2) is 70.7 Å². The van der Waals surface area contributed by atoms with Crippen LogP contribution in [-0.2, 0) is 4.74 Å². The average Bonchev–Trinajstić information content (AvgIpc) is 3.33. The highest BCUT2D eigenvalue weighted by atomic mass is 16.6. The van der Waals surface area contributed by atoms with Crippen LogP contribution in [0.25, 0.3) is 11.1 Å². The maximum atomic E-state index is 12.8. The Balaban J connectivity index is 1.35. The predicted molar refractivity (Wildman–Crippen MR) is 148 cm³/mol. The number of pyridine rings is 1. The number of carbonyl (C=O) groups excluding carboxylic acids is 1. The van der Waals surface area contributed by atoms with Crippen molar-refractivity contribution in [1.82, 2.24) is 19.9 Å². The number of ether oxygens (including phenoxy) is 2. The standard InChI is InChI=1S/C29H36N6O4/c1-18-24(19(2)39-32-18)20-10-11-22-25-26(20)37-17-23(21-9-6-7-12-30-21)35(25)27(31-22)33-13-8-14-34(16-15-33)28(36)38-29(3,4)5/h6-7,9-12,23,27,31H,8,13-17H2,1-5H3/t23-,27?/m1/s1. The quantitative estimate of drug-likeness (QED) is 0.503. The van der Waals surface area contributed by atoms with Crippen molar-refractivity contribution in [2.24, 2.45) is 0 Å². The van der Waals surface area contributed by atoms with E-state index in [2.05, 4.69) is 38.5 Å². The Morgan fingerprint density at radius 2 is 1.95 bits per heavy atom. The van der Waals surface area contributed by atoms with Gasteiger partial charge in [0.25, 0.3) is 0 Å². The number of amides is 1. The van der Waals surface area contributed by atoms with E-state index in [0.717, 1.165) is 58.4 Å². The lowest BCUT2D eigenvalue weighted by Crippen LogP contribution is -2.54. The van der Waals surface area contributed by atoms with Crippen molar-refractivity contribution >= 4 is 17.5 Å². The second kappa shape index (κ2) is 9.75. The average molecular weight is 533 g/mol. The van der Waals surface area contributed by atoms with Crippen LogP contribution < -0.4 is 15.0 Å². The maximum absolute atomic E-state index is 12.8. The fourth-order valence-corrected chi connectivity index (χ4v) is 5.81. The number of hydrogen-bond donors (Lipinski definition) is 1. The molecule has 3 aliphatic rings. The second-order valence-corrected chi connectivity index (χ2v) is 11.4. The van der Waals surface area contributed by atoms with E-state index in [4.69, 9.17) is 19.0 Å². The number of carbonyl (C=O) groups is 1. The minimum atomic E-state index is -0.517. The number of nitrogens with one attached hydrogen (secondary N) is 1. The van der Waals surface area contributed by atoms with Gasteiger partial charge in [-0.3, -0.25) is 9.88 Å². The summed E-state index contributed by atoms with van der Waals surface area (Å²) in [6.45, 7) is 12.9. The van der Waals surface area contributed by atoms with Crippen LogP contribution in [0.5, 0.6) is 5.75 Å². The van der Waals surface area contributed by atoms with Gasteiger partial charge in [-0.25, -0.2) is 4.79 Å². The molecule has 0 bridgehead atoms. The van der Waals surface area contributed by atoms with Gasteiger partial charge in [0.05, 0.1) is 22.6 Å². The van der Waals surface area contributed by atoms with Crippen LogP contribution in [0.3, 0.4) is 0 Å². The summed E-state index contributed by atoms with van der Waals surface area (Å²) in [4.78, 5) is 24.1. The highest BCUT2D eigenvalue weighted by Gasteiger charge is 2.45. The number of aromatic nitrogens is 2. The molecule has 0 radical (unpaired) electrons. The molecule has 39 heavy (non-hydrogen) atoms. The summed E-state index contributed by atoms with van der Waals surface area (Å²) in [6.07, 6.45) is 2.31. The summed E-state index contributed by atoms with van der Waals surface area (Å²) in [5.74, 6) is 1.59.